The fourth-order valence-corrected chi connectivity index (χ4v) is 2.75. The van der Waals surface area contributed by atoms with E-state index in [0.717, 1.165) is 12.8 Å². The van der Waals surface area contributed by atoms with Crippen LogP contribution in [0.25, 0.3) is 0 Å². The first-order valence-corrected chi connectivity index (χ1v) is 10.6. The molecule has 31 heavy (non-hydrogen) atoms. The van der Waals surface area contributed by atoms with E-state index in [4.69, 9.17) is 4.74 Å². The number of hydrogen-bond donors (Lipinski definition) is 3. The number of hydrazine groups is 1. The lowest BCUT2D eigenvalue weighted by Gasteiger charge is -2.16. The second-order valence-corrected chi connectivity index (χ2v) is 7.66. The SMILES string of the molecule is CCCCC(=O)Nc1ccc(C(=O)NNC(=O)[C@@H](C)Oc2ccc(C(C)C)cc2)cc1. The Bertz CT molecular complexity index is 877. The van der Waals surface area contributed by atoms with Crippen LogP contribution in [0.5, 0.6) is 5.75 Å². The Morgan fingerprint density at radius 2 is 1.55 bits per heavy atom. The fourth-order valence-electron chi connectivity index (χ4n) is 2.75. The van der Waals surface area contributed by atoms with E-state index < -0.39 is 17.9 Å². The normalized spacial score (nSPS) is 11.5. The fraction of sp³-hybridized carbons (Fsp3) is 0.375. The van der Waals surface area contributed by atoms with Crippen molar-refractivity contribution in [2.24, 2.45) is 0 Å². The Morgan fingerprint density at radius 1 is 0.903 bits per heavy atom. The molecule has 0 aromatic heterocycles. The number of amides is 3. The molecule has 0 bridgehead atoms. The summed E-state index contributed by atoms with van der Waals surface area (Å²) in [5.41, 5.74) is 6.89. The van der Waals surface area contributed by atoms with E-state index in [-0.39, 0.29) is 5.91 Å². The number of anilines is 1. The van der Waals surface area contributed by atoms with Gasteiger partial charge in [0.15, 0.2) is 6.10 Å². The minimum Gasteiger partial charge on any atom is -0.481 e. The summed E-state index contributed by atoms with van der Waals surface area (Å²) in [5.74, 6) is -0.00253. The number of nitrogens with one attached hydrogen (secondary N) is 3. The second kappa shape index (κ2) is 11.7. The van der Waals surface area contributed by atoms with Gasteiger partial charge in [0.25, 0.3) is 11.8 Å². The predicted octanol–water partition coefficient (Wildman–Crippen LogP) is 4.17. The third-order valence-corrected chi connectivity index (χ3v) is 4.72. The number of unbranched alkanes of at least 4 members (excludes halogenated alkanes) is 1. The number of benzene rings is 2. The summed E-state index contributed by atoms with van der Waals surface area (Å²) >= 11 is 0. The molecule has 2 aromatic rings. The molecule has 7 heteroatoms. The number of hydrogen-bond acceptors (Lipinski definition) is 4. The van der Waals surface area contributed by atoms with Crippen LogP contribution in [0.2, 0.25) is 0 Å². The number of ether oxygens (including phenoxy) is 1. The highest BCUT2D eigenvalue weighted by Gasteiger charge is 2.16. The van der Waals surface area contributed by atoms with Gasteiger partial charge in [-0.05, 0) is 61.2 Å². The number of carbonyl (C=O) groups is 3. The van der Waals surface area contributed by atoms with Crippen LogP contribution in [-0.2, 0) is 9.59 Å². The zero-order valence-electron chi connectivity index (χ0n) is 18.5. The molecule has 3 N–H and O–H groups in total. The maximum Gasteiger partial charge on any atom is 0.279 e. The van der Waals surface area contributed by atoms with Gasteiger partial charge in [0, 0.05) is 17.7 Å². The Hall–Kier alpha value is -3.35. The van der Waals surface area contributed by atoms with Crippen molar-refractivity contribution < 1.29 is 19.1 Å². The van der Waals surface area contributed by atoms with E-state index in [1.54, 1.807) is 31.2 Å². The average molecular weight is 426 g/mol. The standard InChI is InChI=1S/C24H31N3O4/c1-5-6-7-22(28)25-20-12-8-19(9-13-20)24(30)27-26-23(29)17(4)31-21-14-10-18(11-15-21)16(2)3/h8-17H,5-7H2,1-4H3,(H,25,28)(H,26,29)(H,27,30)/t17-/m1/s1. The lowest BCUT2D eigenvalue weighted by Crippen LogP contribution is -2.47. The lowest BCUT2D eigenvalue weighted by atomic mass is 10.0. The van der Waals surface area contributed by atoms with E-state index >= 15 is 0 Å². The van der Waals surface area contributed by atoms with Crippen LogP contribution in [0, 0.1) is 0 Å². The van der Waals surface area contributed by atoms with Crippen LogP contribution >= 0.6 is 0 Å². The average Bonchev–Trinajstić information content (AvgIpc) is 2.76. The summed E-state index contributed by atoms with van der Waals surface area (Å²) in [6.45, 7) is 7.84. The summed E-state index contributed by atoms with van der Waals surface area (Å²) in [4.78, 5) is 36.2. The molecule has 166 valence electrons. The number of carbonyl (C=O) groups excluding carboxylic acids is 3. The van der Waals surface area contributed by atoms with E-state index in [2.05, 4.69) is 30.0 Å². The number of rotatable bonds is 9. The molecule has 2 rings (SSSR count). The minimum atomic E-state index is -0.786. The molecule has 0 aliphatic rings. The topological polar surface area (TPSA) is 96.5 Å². The molecule has 0 unspecified atom stereocenters. The molecule has 1 atom stereocenters. The molecule has 0 saturated carbocycles. The first-order chi connectivity index (χ1) is 14.8. The molecule has 0 saturated heterocycles. The van der Waals surface area contributed by atoms with Crippen molar-refractivity contribution >= 4 is 23.4 Å². The largest absolute Gasteiger partial charge is 0.481 e. The highest BCUT2D eigenvalue weighted by Crippen LogP contribution is 2.19. The Balaban J connectivity index is 1.81. The molecular formula is C24H31N3O4. The van der Waals surface area contributed by atoms with Gasteiger partial charge in [-0.25, -0.2) is 0 Å². The zero-order chi connectivity index (χ0) is 22.8. The quantitative estimate of drug-likeness (QED) is 0.526. The summed E-state index contributed by atoms with van der Waals surface area (Å²) in [6.07, 6.45) is 1.46. The highest BCUT2D eigenvalue weighted by molar-refractivity contribution is 5.97. The molecule has 0 aliphatic heterocycles. The third-order valence-electron chi connectivity index (χ3n) is 4.72. The van der Waals surface area contributed by atoms with Crippen molar-refractivity contribution in [3.63, 3.8) is 0 Å². The van der Waals surface area contributed by atoms with Crippen molar-refractivity contribution in [2.75, 3.05) is 5.32 Å². The van der Waals surface area contributed by atoms with Crippen molar-refractivity contribution in [3.8, 4) is 5.75 Å². The van der Waals surface area contributed by atoms with Gasteiger partial charge < -0.3 is 10.1 Å². The molecule has 2 aromatic carbocycles. The molecule has 0 radical (unpaired) electrons. The highest BCUT2D eigenvalue weighted by atomic mass is 16.5. The van der Waals surface area contributed by atoms with E-state index in [9.17, 15) is 14.4 Å². The van der Waals surface area contributed by atoms with Crippen molar-refractivity contribution in [2.45, 2.75) is 59.0 Å². The predicted molar refractivity (Wildman–Crippen MR) is 121 cm³/mol. The van der Waals surface area contributed by atoms with E-state index in [1.807, 2.05) is 31.2 Å². The van der Waals surface area contributed by atoms with Gasteiger partial charge in [0.1, 0.15) is 5.75 Å². The van der Waals surface area contributed by atoms with Gasteiger partial charge in [-0.15, -0.1) is 0 Å². The molecule has 0 heterocycles. The van der Waals surface area contributed by atoms with Crippen molar-refractivity contribution in [3.05, 3.63) is 59.7 Å². The zero-order valence-corrected chi connectivity index (χ0v) is 18.5. The molecule has 0 aliphatic carbocycles. The van der Waals surface area contributed by atoms with Crippen molar-refractivity contribution in [1.82, 2.24) is 10.9 Å². The van der Waals surface area contributed by atoms with Crippen LogP contribution in [-0.4, -0.2) is 23.8 Å². The summed E-state index contributed by atoms with van der Waals surface area (Å²) in [5, 5.41) is 2.78. The van der Waals surface area contributed by atoms with E-state index in [0.29, 0.717) is 29.3 Å². The maximum atomic E-state index is 12.3. The van der Waals surface area contributed by atoms with Gasteiger partial charge in [-0.3, -0.25) is 25.2 Å². The Labute approximate surface area is 183 Å². The molecule has 0 spiro atoms. The summed E-state index contributed by atoms with van der Waals surface area (Å²) in [7, 11) is 0. The Kier molecular flexibility index (Phi) is 9.06. The summed E-state index contributed by atoms with van der Waals surface area (Å²) in [6, 6.07) is 14.0. The van der Waals surface area contributed by atoms with Crippen LogP contribution < -0.4 is 20.9 Å². The first kappa shape index (κ1) is 23.9. The van der Waals surface area contributed by atoms with Crippen LogP contribution in [0.15, 0.2) is 48.5 Å². The van der Waals surface area contributed by atoms with Crippen LogP contribution in [0.1, 0.15) is 68.8 Å². The molecule has 7 nitrogen and oxygen atoms in total. The van der Waals surface area contributed by atoms with Crippen molar-refractivity contribution in [1.29, 1.82) is 0 Å². The second-order valence-electron chi connectivity index (χ2n) is 7.66. The van der Waals surface area contributed by atoms with E-state index in [1.165, 1.54) is 5.56 Å². The van der Waals surface area contributed by atoms with Gasteiger partial charge in [-0.1, -0.05) is 39.3 Å². The lowest BCUT2D eigenvalue weighted by molar-refractivity contribution is -0.128. The minimum absolute atomic E-state index is 0.0563. The van der Waals surface area contributed by atoms with Gasteiger partial charge in [0.2, 0.25) is 5.91 Å². The van der Waals surface area contributed by atoms with Gasteiger partial charge >= 0.3 is 0 Å². The summed E-state index contributed by atoms with van der Waals surface area (Å²) < 4.78 is 5.63. The van der Waals surface area contributed by atoms with Crippen LogP contribution in [0.4, 0.5) is 5.69 Å². The third kappa shape index (κ3) is 7.77. The molecule has 0 fully saturated rings. The van der Waals surface area contributed by atoms with Crippen LogP contribution in [0.3, 0.4) is 0 Å². The monoisotopic (exact) mass is 425 g/mol. The van der Waals surface area contributed by atoms with Gasteiger partial charge in [0.05, 0.1) is 0 Å². The smallest absolute Gasteiger partial charge is 0.279 e. The molecular weight excluding hydrogens is 394 g/mol. The molecule has 3 amide bonds. The maximum absolute atomic E-state index is 12.3. The first-order valence-electron chi connectivity index (χ1n) is 10.6. The Morgan fingerprint density at radius 3 is 2.13 bits per heavy atom. The van der Waals surface area contributed by atoms with Gasteiger partial charge in [-0.2, -0.15) is 0 Å².